The highest BCUT2D eigenvalue weighted by molar-refractivity contribution is 7.93. The molecule has 8 heteroatoms. The molecule has 2 rings (SSSR count). The lowest BCUT2D eigenvalue weighted by Gasteiger charge is -2.10. The molecule has 1 aromatic carbocycles. The minimum absolute atomic E-state index is 0.0732. The predicted molar refractivity (Wildman–Crippen MR) is 81.0 cm³/mol. The second-order valence-corrected chi connectivity index (χ2v) is 7.87. The molecular formula is C12H8Cl2N2O2S2. The van der Waals surface area contributed by atoms with Crippen LogP contribution in [0.15, 0.2) is 29.2 Å². The molecule has 0 bridgehead atoms. The van der Waals surface area contributed by atoms with Crippen molar-refractivity contribution in [3.05, 3.63) is 44.1 Å². The monoisotopic (exact) mass is 346 g/mol. The van der Waals surface area contributed by atoms with Crippen molar-refractivity contribution in [2.45, 2.75) is 11.8 Å². The summed E-state index contributed by atoms with van der Waals surface area (Å²) in [7, 11) is -3.84. The lowest BCUT2D eigenvalue weighted by molar-refractivity contribution is 0.601. The van der Waals surface area contributed by atoms with Gasteiger partial charge in [-0.1, -0.05) is 29.3 Å². The van der Waals surface area contributed by atoms with Crippen molar-refractivity contribution >= 4 is 50.2 Å². The minimum Gasteiger partial charge on any atom is -0.279 e. The van der Waals surface area contributed by atoms with E-state index < -0.39 is 10.0 Å². The molecule has 4 nitrogen and oxygen atoms in total. The maximum Gasteiger partial charge on any atom is 0.264 e. The van der Waals surface area contributed by atoms with Crippen LogP contribution in [-0.4, -0.2) is 8.42 Å². The van der Waals surface area contributed by atoms with Gasteiger partial charge >= 0.3 is 0 Å². The van der Waals surface area contributed by atoms with Crippen LogP contribution in [0.1, 0.15) is 11.1 Å². The predicted octanol–water partition coefficient (Wildman–Crippen LogP) is 4.04. The van der Waals surface area contributed by atoms with Crippen LogP contribution in [-0.2, 0) is 10.0 Å². The van der Waals surface area contributed by atoms with Crippen LogP contribution >= 0.6 is 34.5 Å². The Balaban J connectivity index is 2.44. The van der Waals surface area contributed by atoms with Crippen LogP contribution in [0, 0.1) is 18.3 Å². The molecule has 20 heavy (non-hydrogen) atoms. The van der Waals surface area contributed by atoms with Crippen molar-refractivity contribution in [2.75, 3.05) is 4.72 Å². The summed E-state index contributed by atoms with van der Waals surface area (Å²) in [5, 5.41) is 8.85. The third kappa shape index (κ3) is 3.07. The van der Waals surface area contributed by atoms with E-state index >= 15 is 0 Å². The van der Waals surface area contributed by atoms with Gasteiger partial charge < -0.3 is 0 Å². The molecule has 0 aliphatic heterocycles. The molecule has 0 unspecified atom stereocenters. The maximum atomic E-state index is 12.3. The first-order valence-electron chi connectivity index (χ1n) is 5.32. The SMILES string of the molecule is Cc1ccc(C#N)cc1NS(=O)(=O)c1cc(Cl)sc1Cl. The van der Waals surface area contributed by atoms with Gasteiger partial charge in [0.1, 0.15) is 9.23 Å². The zero-order valence-electron chi connectivity index (χ0n) is 10.1. The normalized spacial score (nSPS) is 11.1. The van der Waals surface area contributed by atoms with Crippen LogP contribution in [0.4, 0.5) is 5.69 Å². The van der Waals surface area contributed by atoms with Gasteiger partial charge in [0, 0.05) is 0 Å². The van der Waals surface area contributed by atoms with Crippen LogP contribution in [0.25, 0.3) is 0 Å². The first-order valence-corrected chi connectivity index (χ1v) is 8.37. The maximum absolute atomic E-state index is 12.3. The second kappa shape index (κ2) is 5.62. The molecule has 0 atom stereocenters. The highest BCUT2D eigenvalue weighted by atomic mass is 35.5. The number of nitriles is 1. The number of nitrogens with one attached hydrogen (secondary N) is 1. The molecule has 0 radical (unpaired) electrons. The van der Waals surface area contributed by atoms with E-state index in [2.05, 4.69) is 4.72 Å². The fourth-order valence-corrected chi connectivity index (χ4v) is 4.78. The summed E-state index contributed by atoms with van der Waals surface area (Å²) in [4.78, 5) is -0.0732. The third-order valence-electron chi connectivity index (χ3n) is 2.53. The number of hydrogen-bond acceptors (Lipinski definition) is 4. The van der Waals surface area contributed by atoms with Crippen molar-refractivity contribution in [1.29, 1.82) is 5.26 Å². The van der Waals surface area contributed by atoms with Gasteiger partial charge in [0.25, 0.3) is 10.0 Å². The van der Waals surface area contributed by atoms with Crippen LogP contribution in [0.3, 0.4) is 0 Å². The molecule has 2 aromatic rings. The first kappa shape index (κ1) is 15.1. The summed E-state index contributed by atoms with van der Waals surface area (Å²) < 4.78 is 27.3. The number of sulfonamides is 1. The molecule has 0 aliphatic rings. The van der Waals surface area contributed by atoms with Crippen LogP contribution in [0.5, 0.6) is 0 Å². The van der Waals surface area contributed by atoms with Crippen LogP contribution in [0.2, 0.25) is 8.67 Å². The van der Waals surface area contributed by atoms with E-state index in [1.54, 1.807) is 19.1 Å². The van der Waals surface area contributed by atoms with Gasteiger partial charge in [0.2, 0.25) is 0 Å². The van der Waals surface area contributed by atoms with E-state index in [9.17, 15) is 8.42 Å². The van der Waals surface area contributed by atoms with Crippen LogP contribution < -0.4 is 4.72 Å². The summed E-state index contributed by atoms with van der Waals surface area (Å²) in [5.41, 5.74) is 1.40. The molecule has 0 saturated heterocycles. The smallest absolute Gasteiger partial charge is 0.264 e. The molecule has 1 N–H and O–H groups in total. The average Bonchev–Trinajstić information content (AvgIpc) is 2.72. The Bertz CT molecular complexity index is 807. The van der Waals surface area contributed by atoms with Gasteiger partial charge in [0.05, 0.1) is 21.7 Å². The number of thiophene rings is 1. The number of hydrogen-bond donors (Lipinski definition) is 1. The summed E-state index contributed by atoms with van der Waals surface area (Å²) in [6.45, 7) is 1.74. The van der Waals surface area contributed by atoms with Gasteiger partial charge in [0.15, 0.2) is 0 Å². The number of halogens is 2. The fourth-order valence-electron chi connectivity index (χ4n) is 1.51. The summed E-state index contributed by atoms with van der Waals surface area (Å²) in [6, 6.07) is 7.99. The van der Waals surface area contributed by atoms with E-state index in [-0.39, 0.29) is 13.6 Å². The largest absolute Gasteiger partial charge is 0.279 e. The fraction of sp³-hybridized carbons (Fsp3) is 0.0833. The zero-order chi connectivity index (χ0) is 14.9. The topological polar surface area (TPSA) is 70.0 Å². The Hall–Kier alpha value is -1.26. The molecule has 0 fully saturated rings. The van der Waals surface area contributed by atoms with E-state index in [0.29, 0.717) is 16.8 Å². The number of benzene rings is 1. The zero-order valence-corrected chi connectivity index (χ0v) is 13.3. The number of aryl methyl sites for hydroxylation is 1. The molecule has 104 valence electrons. The molecular weight excluding hydrogens is 339 g/mol. The summed E-state index contributed by atoms with van der Waals surface area (Å²) >= 11 is 12.6. The third-order valence-corrected chi connectivity index (χ3v) is 5.64. The minimum atomic E-state index is -3.84. The molecule has 0 spiro atoms. The lowest BCUT2D eigenvalue weighted by atomic mass is 10.1. The molecule has 0 saturated carbocycles. The Labute approximate surface area is 130 Å². The second-order valence-electron chi connectivity index (χ2n) is 3.94. The van der Waals surface area contributed by atoms with Crippen molar-refractivity contribution in [2.24, 2.45) is 0 Å². The van der Waals surface area contributed by atoms with Crippen molar-refractivity contribution < 1.29 is 8.42 Å². The summed E-state index contributed by atoms with van der Waals surface area (Å²) in [6.07, 6.45) is 0. The number of anilines is 1. The van der Waals surface area contributed by atoms with E-state index in [0.717, 1.165) is 11.3 Å². The van der Waals surface area contributed by atoms with E-state index in [4.69, 9.17) is 28.5 Å². The first-order chi connectivity index (χ1) is 9.33. The Kier molecular flexibility index (Phi) is 4.25. The van der Waals surface area contributed by atoms with E-state index in [1.165, 1.54) is 12.1 Å². The van der Waals surface area contributed by atoms with Gasteiger partial charge in [-0.05, 0) is 30.7 Å². The molecule has 0 amide bonds. The Morgan fingerprint density at radius 2 is 2.00 bits per heavy atom. The van der Waals surface area contributed by atoms with Gasteiger partial charge in [-0.15, -0.1) is 11.3 Å². The number of nitrogens with zero attached hydrogens (tertiary/aromatic N) is 1. The highest BCUT2D eigenvalue weighted by Gasteiger charge is 2.21. The van der Waals surface area contributed by atoms with Gasteiger partial charge in [-0.2, -0.15) is 5.26 Å². The average molecular weight is 347 g/mol. The number of rotatable bonds is 3. The van der Waals surface area contributed by atoms with Gasteiger partial charge in [-0.25, -0.2) is 8.42 Å². The van der Waals surface area contributed by atoms with Crippen molar-refractivity contribution in [3.8, 4) is 6.07 Å². The summed E-state index contributed by atoms with van der Waals surface area (Å²) in [5.74, 6) is 0. The molecule has 0 aliphatic carbocycles. The van der Waals surface area contributed by atoms with E-state index in [1.807, 2.05) is 6.07 Å². The molecule has 1 heterocycles. The Morgan fingerprint density at radius 3 is 2.55 bits per heavy atom. The Morgan fingerprint density at radius 1 is 1.30 bits per heavy atom. The lowest BCUT2D eigenvalue weighted by Crippen LogP contribution is -2.13. The van der Waals surface area contributed by atoms with Crippen molar-refractivity contribution in [3.63, 3.8) is 0 Å². The standard InChI is InChI=1S/C12H8Cl2N2O2S2/c1-7-2-3-8(6-15)4-9(7)16-20(17,18)10-5-11(13)19-12(10)14/h2-5,16H,1H3. The van der Waals surface area contributed by atoms with Gasteiger partial charge in [-0.3, -0.25) is 4.72 Å². The molecule has 1 aromatic heterocycles. The quantitative estimate of drug-likeness (QED) is 0.911. The van der Waals surface area contributed by atoms with Crippen molar-refractivity contribution in [1.82, 2.24) is 0 Å². The highest BCUT2D eigenvalue weighted by Crippen LogP contribution is 2.35.